The van der Waals surface area contributed by atoms with Crippen molar-refractivity contribution < 1.29 is 19.1 Å². The maximum absolute atomic E-state index is 12.6. The second-order valence-corrected chi connectivity index (χ2v) is 6.87. The van der Waals surface area contributed by atoms with Gasteiger partial charge in [0.15, 0.2) is 0 Å². The molecular formula is C18H26N2O4. The number of ether oxygens (including phenoxy) is 2. The van der Waals surface area contributed by atoms with E-state index in [9.17, 15) is 9.59 Å². The van der Waals surface area contributed by atoms with Crippen LogP contribution in [0.25, 0.3) is 0 Å². The Labute approximate surface area is 142 Å². The van der Waals surface area contributed by atoms with Gasteiger partial charge in [0.2, 0.25) is 5.91 Å². The summed E-state index contributed by atoms with van der Waals surface area (Å²) in [6.45, 7) is 6.52. The summed E-state index contributed by atoms with van der Waals surface area (Å²) in [5.41, 5.74) is 0.0765. The fraction of sp³-hybridized carbons (Fsp3) is 0.556. The molecule has 1 aliphatic rings. The Morgan fingerprint density at radius 1 is 1.29 bits per heavy atom. The molecule has 1 saturated heterocycles. The summed E-state index contributed by atoms with van der Waals surface area (Å²) >= 11 is 0. The fourth-order valence-corrected chi connectivity index (χ4v) is 2.49. The average Bonchev–Trinajstić information content (AvgIpc) is 3.03. The lowest BCUT2D eigenvalue weighted by Gasteiger charge is -2.24. The molecular weight excluding hydrogens is 308 g/mol. The topological polar surface area (TPSA) is 76.7 Å². The van der Waals surface area contributed by atoms with Crippen molar-refractivity contribution >= 4 is 12.0 Å². The molecule has 0 bridgehead atoms. The molecule has 132 valence electrons. The van der Waals surface area contributed by atoms with Crippen molar-refractivity contribution in [2.75, 3.05) is 13.2 Å². The van der Waals surface area contributed by atoms with E-state index < -0.39 is 17.7 Å². The van der Waals surface area contributed by atoms with Gasteiger partial charge in [-0.3, -0.25) is 4.79 Å². The van der Waals surface area contributed by atoms with Crippen LogP contribution >= 0.6 is 0 Å². The highest BCUT2D eigenvalue weighted by Gasteiger charge is 2.26. The molecule has 6 nitrogen and oxygen atoms in total. The monoisotopic (exact) mass is 334 g/mol. The number of carbonyl (C=O) groups is 2. The molecule has 0 unspecified atom stereocenters. The minimum Gasteiger partial charge on any atom is -0.444 e. The maximum atomic E-state index is 12.6. The van der Waals surface area contributed by atoms with Crippen LogP contribution in [-0.2, 0) is 14.3 Å². The fourth-order valence-electron chi connectivity index (χ4n) is 2.49. The predicted octanol–water partition coefficient (Wildman–Crippen LogP) is 2.55. The van der Waals surface area contributed by atoms with Crippen LogP contribution in [0.3, 0.4) is 0 Å². The molecule has 0 spiro atoms. The highest BCUT2D eigenvalue weighted by molar-refractivity contribution is 5.86. The summed E-state index contributed by atoms with van der Waals surface area (Å²) < 4.78 is 10.8. The van der Waals surface area contributed by atoms with Crippen LogP contribution in [-0.4, -0.2) is 36.9 Å². The molecule has 2 N–H and O–H groups in total. The number of hydrogen-bond donors (Lipinski definition) is 2. The molecule has 0 saturated carbocycles. The minimum atomic E-state index is -0.803. The largest absolute Gasteiger partial charge is 0.444 e. The lowest BCUT2D eigenvalue weighted by Crippen LogP contribution is -2.44. The number of rotatable bonds is 5. The number of hydrogen-bond acceptors (Lipinski definition) is 4. The second-order valence-electron chi connectivity index (χ2n) is 6.87. The molecule has 1 aliphatic heterocycles. The molecule has 0 aliphatic carbocycles. The van der Waals surface area contributed by atoms with Crippen molar-refractivity contribution in [3.8, 4) is 0 Å². The van der Waals surface area contributed by atoms with Gasteiger partial charge in [-0.25, -0.2) is 4.79 Å². The highest BCUT2D eigenvalue weighted by atomic mass is 16.6. The van der Waals surface area contributed by atoms with Crippen molar-refractivity contribution in [2.24, 2.45) is 0 Å². The number of nitrogens with one attached hydrogen (secondary N) is 2. The van der Waals surface area contributed by atoms with E-state index >= 15 is 0 Å². The van der Waals surface area contributed by atoms with E-state index in [-0.39, 0.29) is 12.0 Å². The van der Waals surface area contributed by atoms with Gasteiger partial charge in [0.25, 0.3) is 0 Å². The van der Waals surface area contributed by atoms with Gasteiger partial charge in [-0.05, 0) is 39.2 Å². The Bertz CT molecular complexity index is 548. The average molecular weight is 334 g/mol. The zero-order valence-electron chi connectivity index (χ0n) is 14.5. The van der Waals surface area contributed by atoms with E-state index in [0.29, 0.717) is 12.1 Å². The first-order valence-electron chi connectivity index (χ1n) is 8.29. The third-order valence-corrected chi connectivity index (χ3v) is 3.58. The molecule has 2 amide bonds. The maximum Gasteiger partial charge on any atom is 0.408 e. The first-order chi connectivity index (χ1) is 11.3. The van der Waals surface area contributed by atoms with Crippen LogP contribution in [0.4, 0.5) is 4.79 Å². The van der Waals surface area contributed by atoms with E-state index in [1.165, 1.54) is 0 Å². The van der Waals surface area contributed by atoms with Gasteiger partial charge >= 0.3 is 6.09 Å². The van der Waals surface area contributed by atoms with Gasteiger partial charge in [0.05, 0.1) is 6.10 Å². The third kappa shape index (κ3) is 5.85. The highest BCUT2D eigenvalue weighted by Crippen LogP contribution is 2.16. The summed E-state index contributed by atoms with van der Waals surface area (Å²) in [6, 6.07) is 8.31. The molecule has 6 heteroatoms. The van der Waals surface area contributed by atoms with Gasteiger partial charge in [-0.15, -0.1) is 0 Å². The lowest BCUT2D eigenvalue weighted by atomic mass is 10.1. The van der Waals surface area contributed by atoms with E-state index in [4.69, 9.17) is 9.47 Å². The summed E-state index contributed by atoms with van der Waals surface area (Å²) in [7, 11) is 0. The first kappa shape index (κ1) is 18.3. The normalized spacial score (nSPS) is 18.7. The van der Waals surface area contributed by atoms with E-state index in [1.54, 1.807) is 32.9 Å². The Morgan fingerprint density at radius 2 is 2.00 bits per heavy atom. The molecule has 1 fully saturated rings. The van der Waals surface area contributed by atoms with Crippen LogP contribution in [0.2, 0.25) is 0 Å². The SMILES string of the molecule is CC(C)(C)OC(=O)N[C@H](C(=O)NC[C@H]1CCCO1)c1ccccc1. The quantitative estimate of drug-likeness (QED) is 0.867. The van der Waals surface area contributed by atoms with E-state index in [0.717, 1.165) is 19.4 Å². The Balaban J connectivity index is 2.02. The zero-order chi connectivity index (χ0) is 17.6. The van der Waals surface area contributed by atoms with Crippen LogP contribution < -0.4 is 10.6 Å². The van der Waals surface area contributed by atoms with E-state index in [1.807, 2.05) is 18.2 Å². The Kier molecular flexibility index (Phi) is 6.20. The van der Waals surface area contributed by atoms with Crippen LogP contribution in [0.1, 0.15) is 45.2 Å². The van der Waals surface area contributed by atoms with Crippen molar-refractivity contribution in [3.05, 3.63) is 35.9 Å². The Hall–Kier alpha value is -2.08. The molecule has 1 aromatic rings. The van der Waals surface area contributed by atoms with Gasteiger partial charge in [0.1, 0.15) is 11.6 Å². The summed E-state index contributed by atoms with van der Waals surface area (Å²) in [4.78, 5) is 24.6. The third-order valence-electron chi connectivity index (χ3n) is 3.58. The van der Waals surface area contributed by atoms with Crippen LogP contribution in [0, 0.1) is 0 Å². The summed E-state index contributed by atoms with van der Waals surface area (Å²) in [5.74, 6) is -0.275. The molecule has 1 heterocycles. The van der Waals surface area contributed by atoms with Gasteiger partial charge in [-0.2, -0.15) is 0 Å². The summed E-state index contributed by atoms with van der Waals surface area (Å²) in [5, 5.41) is 5.51. The van der Waals surface area contributed by atoms with Gasteiger partial charge < -0.3 is 20.1 Å². The number of carbonyl (C=O) groups excluding carboxylic acids is 2. The number of benzene rings is 1. The molecule has 2 atom stereocenters. The Morgan fingerprint density at radius 3 is 2.58 bits per heavy atom. The van der Waals surface area contributed by atoms with Crippen molar-refractivity contribution in [2.45, 2.75) is 51.4 Å². The standard InChI is InChI=1S/C18H26N2O4/c1-18(2,3)24-17(22)20-15(13-8-5-4-6-9-13)16(21)19-12-14-10-7-11-23-14/h4-6,8-9,14-15H,7,10-12H2,1-3H3,(H,19,21)(H,20,22)/t14-,15+/m1/s1. The number of alkyl carbamates (subject to hydrolysis) is 1. The lowest BCUT2D eigenvalue weighted by molar-refractivity contribution is -0.123. The summed E-state index contributed by atoms with van der Waals surface area (Å²) in [6.07, 6.45) is 1.38. The smallest absolute Gasteiger partial charge is 0.408 e. The van der Waals surface area contributed by atoms with Gasteiger partial charge in [0, 0.05) is 13.2 Å². The first-order valence-corrected chi connectivity index (χ1v) is 8.29. The molecule has 0 aromatic heterocycles. The van der Waals surface area contributed by atoms with Crippen molar-refractivity contribution in [3.63, 3.8) is 0 Å². The molecule has 1 aromatic carbocycles. The number of amides is 2. The zero-order valence-corrected chi connectivity index (χ0v) is 14.5. The van der Waals surface area contributed by atoms with Gasteiger partial charge in [-0.1, -0.05) is 30.3 Å². The molecule has 24 heavy (non-hydrogen) atoms. The molecule has 0 radical (unpaired) electrons. The molecule has 2 rings (SSSR count). The van der Waals surface area contributed by atoms with Crippen molar-refractivity contribution in [1.82, 2.24) is 10.6 Å². The predicted molar refractivity (Wildman–Crippen MR) is 90.5 cm³/mol. The van der Waals surface area contributed by atoms with Crippen LogP contribution in [0.5, 0.6) is 0 Å². The van der Waals surface area contributed by atoms with Crippen LogP contribution in [0.15, 0.2) is 30.3 Å². The van der Waals surface area contributed by atoms with Crippen molar-refractivity contribution in [1.29, 1.82) is 0 Å². The minimum absolute atomic E-state index is 0.0481. The second kappa shape index (κ2) is 8.15. The van der Waals surface area contributed by atoms with E-state index in [2.05, 4.69) is 10.6 Å².